The van der Waals surface area contributed by atoms with Gasteiger partial charge in [-0.2, -0.15) is 0 Å². The summed E-state index contributed by atoms with van der Waals surface area (Å²) in [5.74, 6) is 0.482. The molecule has 0 aliphatic heterocycles. The van der Waals surface area contributed by atoms with Gasteiger partial charge in [0.05, 0.1) is 18.0 Å². The number of rotatable bonds is 5. The first-order chi connectivity index (χ1) is 9.29. The normalized spacial score (nSPS) is 11.3. The van der Waals surface area contributed by atoms with Crippen LogP contribution in [0.2, 0.25) is 0 Å². The lowest BCUT2D eigenvalue weighted by molar-refractivity contribution is -0.139. The lowest BCUT2D eigenvalue weighted by Crippen LogP contribution is -2.16. The highest BCUT2D eigenvalue weighted by atomic mass is 79.9. The molecule has 1 aromatic rings. The van der Waals surface area contributed by atoms with Gasteiger partial charge in [-0.15, -0.1) is 0 Å². The van der Waals surface area contributed by atoms with Gasteiger partial charge in [-0.25, -0.2) is 0 Å². The van der Waals surface area contributed by atoms with E-state index in [1.807, 2.05) is 12.1 Å². The zero-order valence-electron chi connectivity index (χ0n) is 12.6. The summed E-state index contributed by atoms with van der Waals surface area (Å²) in [6.07, 6.45) is 0.239. The Morgan fingerprint density at radius 3 is 2.40 bits per heavy atom. The maximum Gasteiger partial charge on any atom is 0.309 e. The third-order valence-corrected chi connectivity index (χ3v) is 3.40. The van der Waals surface area contributed by atoms with E-state index in [1.54, 1.807) is 7.11 Å². The van der Waals surface area contributed by atoms with Crippen LogP contribution in [-0.4, -0.2) is 27.0 Å². The lowest BCUT2D eigenvalue weighted by Gasteiger charge is -2.24. The third kappa shape index (κ3) is 4.49. The molecule has 0 unspecified atom stereocenters. The predicted molar refractivity (Wildman–Crippen MR) is 81.1 cm³/mol. The second-order valence-corrected chi connectivity index (χ2v) is 6.36. The smallest absolute Gasteiger partial charge is 0.309 e. The molecule has 0 aromatic heterocycles. The summed E-state index contributed by atoms with van der Waals surface area (Å²) in [5, 5.41) is 0. The van der Waals surface area contributed by atoms with E-state index in [4.69, 9.17) is 14.2 Å². The Balaban J connectivity index is 3.22. The molecule has 0 N–H and O–H groups in total. The van der Waals surface area contributed by atoms with Crippen LogP contribution in [0, 0.1) is 0 Å². The van der Waals surface area contributed by atoms with Crippen molar-refractivity contribution in [3.05, 3.63) is 27.7 Å². The minimum absolute atomic E-state index is 0.113. The summed E-state index contributed by atoms with van der Waals surface area (Å²) in [4.78, 5) is 11.4. The predicted octanol–water partition coefficient (Wildman–Crippen LogP) is 3.44. The van der Waals surface area contributed by atoms with Crippen molar-refractivity contribution in [3.63, 3.8) is 0 Å². The largest absolute Gasteiger partial charge is 0.469 e. The molecule has 0 aliphatic rings. The molecule has 0 spiro atoms. The van der Waals surface area contributed by atoms with Crippen LogP contribution in [0.5, 0.6) is 5.75 Å². The topological polar surface area (TPSA) is 44.8 Å². The van der Waals surface area contributed by atoms with Crippen molar-refractivity contribution in [2.75, 3.05) is 21.0 Å². The molecule has 5 heteroatoms. The average molecular weight is 345 g/mol. The molecule has 0 aliphatic carbocycles. The SMILES string of the molecule is COCOc1c(Br)cc(CC(=O)OC)cc1C(C)(C)C. The number of hydrogen-bond acceptors (Lipinski definition) is 4. The van der Waals surface area contributed by atoms with Crippen LogP contribution in [0.25, 0.3) is 0 Å². The average Bonchev–Trinajstić information content (AvgIpc) is 2.35. The van der Waals surface area contributed by atoms with Crippen LogP contribution in [0.4, 0.5) is 0 Å². The molecule has 1 aromatic carbocycles. The molecule has 20 heavy (non-hydrogen) atoms. The summed E-state index contributed by atoms with van der Waals surface area (Å²) < 4.78 is 16.1. The van der Waals surface area contributed by atoms with Crippen LogP contribution in [0.1, 0.15) is 31.9 Å². The quantitative estimate of drug-likeness (QED) is 0.606. The first kappa shape index (κ1) is 17.0. The fourth-order valence-electron chi connectivity index (χ4n) is 1.81. The number of hydrogen-bond donors (Lipinski definition) is 0. The number of carbonyl (C=O) groups is 1. The third-order valence-electron chi connectivity index (χ3n) is 2.81. The fraction of sp³-hybridized carbons (Fsp3) is 0.533. The summed E-state index contributed by atoms with van der Waals surface area (Å²) in [7, 11) is 2.97. The maximum atomic E-state index is 11.4. The van der Waals surface area contributed by atoms with E-state index >= 15 is 0 Å². The van der Waals surface area contributed by atoms with Crippen LogP contribution >= 0.6 is 15.9 Å². The monoisotopic (exact) mass is 344 g/mol. The molecular formula is C15H21BrO4. The Bertz CT molecular complexity index is 477. The molecule has 0 amide bonds. The summed E-state index contributed by atoms with van der Waals surface area (Å²) >= 11 is 3.50. The summed E-state index contributed by atoms with van der Waals surface area (Å²) in [6, 6.07) is 3.85. The zero-order valence-corrected chi connectivity index (χ0v) is 14.2. The van der Waals surface area contributed by atoms with E-state index in [0.29, 0.717) is 0 Å². The van der Waals surface area contributed by atoms with Crippen LogP contribution in [0.3, 0.4) is 0 Å². The highest BCUT2D eigenvalue weighted by Crippen LogP contribution is 2.38. The first-order valence-electron chi connectivity index (χ1n) is 6.31. The van der Waals surface area contributed by atoms with E-state index in [0.717, 1.165) is 21.3 Å². The highest BCUT2D eigenvalue weighted by molar-refractivity contribution is 9.10. The van der Waals surface area contributed by atoms with E-state index < -0.39 is 0 Å². The molecule has 0 bridgehead atoms. The number of methoxy groups -OCH3 is 2. The Kier molecular flexibility index (Phi) is 6.02. The van der Waals surface area contributed by atoms with Gasteiger partial charge < -0.3 is 14.2 Å². The van der Waals surface area contributed by atoms with Crippen molar-refractivity contribution < 1.29 is 19.0 Å². The minimum atomic E-state index is -0.262. The Hall–Kier alpha value is -1.07. The Morgan fingerprint density at radius 2 is 1.90 bits per heavy atom. The van der Waals surface area contributed by atoms with Gasteiger partial charge in [0.1, 0.15) is 5.75 Å². The van der Waals surface area contributed by atoms with Crippen LogP contribution in [-0.2, 0) is 26.1 Å². The number of benzene rings is 1. The number of esters is 1. The van der Waals surface area contributed by atoms with Gasteiger partial charge in [0, 0.05) is 12.7 Å². The summed E-state index contributed by atoms with van der Waals surface area (Å²) in [6.45, 7) is 6.46. The van der Waals surface area contributed by atoms with Crippen molar-refractivity contribution in [2.45, 2.75) is 32.6 Å². The lowest BCUT2D eigenvalue weighted by atomic mass is 9.85. The summed E-state index contributed by atoms with van der Waals surface area (Å²) in [5.41, 5.74) is 1.79. The van der Waals surface area contributed by atoms with Crippen molar-refractivity contribution in [1.29, 1.82) is 0 Å². The first-order valence-corrected chi connectivity index (χ1v) is 7.10. The molecule has 1 rings (SSSR count). The van der Waals surface area contributed by atoms with Crippen molar-refractivity contribution in [3.8, 4) is 5.75 Å². The van der Waals surface area contributed by atoms with Crippen molar-refractivity contribution in [1.82, 2.24) is 0 Å². The molecule has 4 nitrogen and oxygen atoms in total. The minimum Gasteiger partial charge on any atom is -0.469 e. The second-order valence-electron chi connectivity index (χ2n) is 5.51. The number of ether oxygens (including phenoxy) is 3. The van der Waals surface area contributed by atoms with E-state index in [9.17, 15) is 4.79 Å². The van der Waals surface area contributed by atoms with Gasteiger partial charge in [-0.1, -0.05) is 26.8 Å². The van der Waals surface area contributed by atoms with Gasteiger partial charge >= 0.3 is 5.97 Å². The van der Waals surface area contributed by atoms with Gasteiger partial charge in [0.2, 0.25) is 0 Å². The Labute approximate surface area is 128 Å². The highest BCUT2D eigenvalue weighted by Gasteiger charge is 2.23. The van der Waals surface area contributed by atoms with Gasteiger partial charge in [-0.3, -0.25) is 4.79 Å². The molecule has 0 saturated heterocycles. The standard InChI is InChI=1S/C15H21BrO4/c1-15(2,3)11-6-10(8-13(17)19-5)7-12(16)14(11)20-9-18-4/h6-7H,8-9H2,1-5H3. The number of carbonyl (C=O) groups excluding carboxylic acids is 1. The zero-order chi connectivity index (χ0) is 15.3. The molecule has 0 atom stereocenters. The van der Waals surface area contributed by atoms with Crippen LogP contribution in [0.15, 0.2) is 16.6 Å². The second kappa shape index (κ2) is 7.09. The van der Waals surface area contributed by atoms with Gasteiger partial charge in [0.15, 0.2) is 6.79 Å². The number of halogens is 1. The van der Waals surface area contributed by atoms with Crippen LogP contribution < -0.4 is 4.74 Å². The van der Waals surface area contributed by atoms with Crippen molar-refractivity contribution >= 4 is 21.9 Å². The van der Waals surface area contributed by atoms with Crippen molar-refractivity contribution in [2.24, 2.45) is 0 Å². The van der Waals surface area contributed by atoms with Gasteiger partial charge in [0.25, 0.3) is 0 Å². The fourth-order valence-corrected chi connectivity index (χ4v) is 2.43. The van der Waals surface area contributed by atoms with E-state index in [1.165, 1.54) is 7.11 Å². The molecule has 0 fully saturated rings. The molecular weight excluding hydrogens is 324 g/mol. The molecule has 0 heterocycles. The Morgan fingerprint density at radius 1 is 1.25 bits per heavy atom. The molecule has 112 valence electrons. The van der Waals surface area contributed by atoms with Gasteiger partial charge in [-0.05, 0) is 33.0 Å². The van der Waals surface area contributed by atoms with E-state index in [2.05, 4.69) is 36.7 Å². The maximum absolute atomic E-state index is 11.4. The van der Waals surface area contributed by atoms with E-state index in [-0.39, 0.29) is 24.6 Å². The molecule has 0 saturated carbocycles. The molecule has 0 radical (unpaired) electrons.